The van der Waals surface area contributed by atoms with E-state index < -0.39 is 32.0 Å². The first kappa shape index (κ1) is 24.5. The third-order valence-electron chi connectivity index (χ3n) is 5.22. The van der Waals surface area contributed by atoms with Crippen LogP contribution in [-0.4, -0.2) is 52.4 Å². The predicted molar refractivity (Wildman–Crippen MR) is 126 cm³/mol. The van der Waals surface area contributed by atoms with Crippen LogP contribution in [0.1, 0.15) is 26.2 Å². The van der Waals surface area contributed by atoms with Crippen molar-refractivity contribution >= 4 is 48.9 Å². The Bertz CT molecular complexity index is 1180. The molecule has 1 amide bonds. The molecule has 1 aliphatic rings. The first-order valence-corrected chi connectivity index (χ1v) is 13.9. The second-order valence-corrected chi connectivity index (χ2v) is 11.8. The van der Waals surface area contributed by atoms with Gasteiger partial charge in [-0.25, -0.2) is 16.8 Å². The number of amides is 1. The predicted octanol–water partition coefficient (Wildman–Crippen LogP) is 3.31. The summed E-state index contributed by atoms with van der Waals surface area (Å²) in [5.41, 5.74) is 0.655. The van der Waals surface area contributed by atoms with Crippen molar-refractivity contribution in [2.24, 2.45) is 0 Å². The summed E-state index contributed by atoms with van der Waals surface area (Å²) in [4.78, 5) is 13.2. The maximum atomic E-state index is 13.0. The highest BCUT2D eigenvalue weighted by Gasteiger charge is 2.32. The molecule has 0 aliphatic carbocycles. The van der Waals surface area contributed by atoms with Crippen LogP contribution < -0.4 is 9.62 Å². The minimum absolute atomic E-state index is 0.154. The molecule has 32 heavy (non-hydrogen) atoms. The summed E-state index contributed by atoms with van der Waals surface area (Å²) in [6.45, 7) is 2.71. The van der Waals surface area contributed by atoms with Crippen molar-refractivity contribution in [2.75, 3.05) is 29.0 Å². The smallest absolute Gasteiger partial charge is 0.248 e. The number of benzene rings is 2. The summed E-state index contributed by atoms with van der Waals surface area (Å²) in [6, 6.07) is 11.1. The van der Waals surface area contributed by atoms with Crippen LogP contribution in [0.5, 0.6) is 0 Å². The molecule has 1 heterocycles. The average molecular weight is 500 g/mol. The average Bonchev–Trinajstić information content (AvgIpc) is 3.27. The van der Waals surface area contributed by atoms with Gasteiger partial charge in [0.15, 0.2) is 0 Å². The highest BCUT2D eigenvalue weighted by Crippen LogP contribution is 2.27. The Morgan fingerprint density at radius 1 is 1.09 bits per heavy atom. The number of hydrogen-bond donors (Lipinski definition) is 1. The summed E-state index contributed by atoms with van der Waals surface area (Å²) in [7, 11) is -7.35. The molecule has 0 aromatic heterocycles. The second-order valence-electron chi connectivity index (χ2n) is 7.59. The molecule has 0 spiro atoms. The van der Waals surface area contributed by atoms with E-state index in [2.05, 4.69) is 5.32 Å². The monoisotopic (exact) mass is 499 g/mol. The van der Waals surface area contributed by atoms with Crippen molar-refractivity contribution in [1.29, 1.82) is 0 Å². The molecule has 11 heteroatoms. The minimum atomic E-state index is -3.79. The maximum absolute atomic E-state index is 13.0. The SMILES string of the molecule is CC[C@@H](C(=O)Nc1ccc(S(=O)(=O)N2CCCC2)cc1)N(c1cccc(Cl)c1)S(C)(=O)=O. The lowest BCUT2D eigenvalue weighted by Crippen LogP contribution is -2.47. The van der Waals surface area contributed by atoms with Gasteiger partial charge >= 0.3 is 0 Å². The number of anilines is 2. The van der Waals surface area contributed by atoms with E-state index in [1.165, 1.54) is 34.6 Å². The molecule has 0 bridgehead atoms. The van der Waals surface area contributed by atoms with Crippen molar-refractivity contribution in [2.45, 2.75) is 37.1 Å². The maximum Gasteiger partial charge on any atom is 0.248 e. The third kappa shape index (κ3) is 5.43. The van der Waals surface area contributed by atoms with E-state index in [0.717, 1.165) is 23.4 Å². The zero-order valence-electron chi connectivity index (χ0n) is 17.9. The number of nitrogens with zero attached hydrogens (tertiary/aromatic N) is 2. The van der Waals surface area contributed by atoms with Crippen LogP contribution in [0.25, 0.3) is 0 Å². The van der Waals surface area contributed by atoms with Gasteiger partial charge < -0.3 is 5.32 Å². The Morgan fingerprint density at radius 2 is 1.72 bits per heavy atom. The molecule has 2 aromatic carbocycles. The zero-order chi connectivity index (χ0) is 23.5. The fourth-order valence-corrected chi connectivity index (χ4v) is 6.59. The topological polar surface area (TPSA) is 104 Å². The van der Waals surface area contributed by atoms with Gasteiger partial charge in [-0.3, -0.25) is 9.10 Å². The van der Waals surface area contributed by atoms with E-state index in [1.54, 1.807) is 25.1 Å². The van der Waals surface area contributed by atoms with Crippen LogP contribution in [0.2, 0.25) is 5.02 Å². The van der Waals surface area contributed by atoms with Crippen molar-refractivity contribution in [1.82, 2.24) is 4.31 Å². The highest BCUT2D eigenvalue weighted by atomic mass is 35.5. The molecule has 0 radical (unpaired) electrons. The number of halogens is 1. The van der Waals surface area contributed by atoms with Gasteiger partial charge in [0.05, 0.1) is 16.8 Å². The summed E-state index contributed by atoms with van der Waals surface area (Å²) >= 11 is 6.02. The fraction of sp³-hybridized carbons (Fsp3) is 0.381. The molecule has 8 nitrogen and oxygen atoms in total. The minimum Gasteiger partial charge on any atom is -0.324 e. The molecule has 3 rings (SSSR count). The third-order valence-corrected chi connectivity index (χ3v) is 8.54. The van der Waals surface area contributed by atoms with Gasteiger partial charge in [-0.15, -0.1) is 0 Å². The van der Waals surface area contributed by atoms with E-state index >= 15 is 0 Å². The molecule has 0 unspecified atom stereocenters. The molecular weight excluding hydrogens is 474 g/mol. The van der Waals surface area contributed by atoms with Crippen LogP contribution >= 0.6 is 11.6 Å². The molecule has 1 aliphatic heterocycles. The molecule has 1 saturated heterocycles. The van der Waals surface area contributed by atoms with E-state index in [4.69, 9.17) is 11.6 Å². The van der Waals surface area contributed by atoms with E-state index in [1.807, 2.05) is 0 Å². The Kier molecular flexibility index (Phi) is 7.49. The van der Waals surface area contributed by atoms with Crippen LogP contribution in [0.15, 0.2) is 53.4 Å². The number of hydrogen-bond acceptors (Lipinski definition) is 5. The molecule has 1 atom stereocenters. The van der Waals surface area contributed by atoms with Gasteiger partial charge in [0.2, 0.25) is 26.0 Å². The van der Waals surface area contributed by atoms with Gasteiger partial charge in [0.25, 0.3) is 0 Å². The Hall–Kier alpha value is -2.14. The van der Waals surface area contributed by atoms with Gasteiger partial charge in [-0.1, -0.05) is 24.6 Å². The van der Waals surface area contributed by atoms with Crippen LogP contribution in [-0.2, 0) is 24.8 Å². The standard InChI is InChI=1S/C21H26ClN3O5S2/c1-3-20(25(31(2,27)28)18-8-6-7-16(22)15-18)21(26)23-17-9-11-19(12-10-17)32(29,30)24-13-4-5-14-24/h6-12,15,20H,3-5,13-14H2,1-2H3,(H,23,26)/t20-/m0/s1. The van der Waals surface area contributed by atoms with E-state index in [0.29, 0.717) is 23.8 Å². The molecule has 1 fully saturated rings. The normalized spacial score (nSPS) is 16.0. The largest absolute Gasteiger partial charge is 0.324 e. The molecule has 1 N–H and O–H groups in total. The lowest BCUT2D eigenvalue weighted by Gasteiger charge is -2.30. The number of carbonyl (C=O) groups excluding carboxylic acids is 1. The molecule has 2 aromatic rings. The molecule has 174 valence electrons. The van der Waals surface area contributed by atoms with Gasteiger partial charge in [0, 0.05) is 23.8 Å². The Labute approximate surface area is 194 Å². The van der Waals surface area contributed by atoms with Crippen molar-refractivity contribution < 1.29 is 21.6 Å². The number of nitrogens with one attached hydrogen (secondary N) is 1. The second kappa shape index (κ2) is 9.78. The number of carbonyl (C=O) groups is 1. The summed E-state index contributed by atoms with van der Waals surface area (Å²) in [5, 5.41) is 3.04. The summed E-state index contributed by atoms with van der Waals surface area (Å²) in [6.07, 6.45) is 2.93. The van der Waals surface area contributed by atoms with E-state index in [-0.39, 0.29) is 17.0 Å². The first-order valence-electron chi connectivity index (χ1n) is 10.2. The van der Waals surface area contributed by atoms with Crippen molar-refractivity contribution in [3.8, 4) is 0 Å². The van der Waals surface area contributed by atoms with Crippen molar-refractivity contribution in [3.05, 3.63) is 53.6 Å². The van der Waals surface area contributed by atoms with Crippen molar-refractivity contribution in [3.63, 3.8) is 0 Å². The fourth-order valence-electron chi connectivity index (χ4n) is 3.69. The quantitative estimate of drug-likeness (QED) is 0.600. The molecular formula is C21H26ClN3O5S2. The first-order chi connectivity index (χ1) is 15.0. The Morgan fingerprint density at radius 3 is 2.25 bits per heavy atom. The zero-order valence-corrected chi connectivity index (χ0v) is 20.3. The summed E-state index contributed by atoms with van der Waals surface area (Å²) in [5.74, 6) is -0.534. The number of sulfonamides is 2. The van der Waals surface area contributed by atoms with E-state index in [9.17, 15) is 21.6 Å². The van der Waals surface area contributed by atoms with Crippen LogP contribution in [0, 0.1) is 0 Å². The van der Waals surface area contributed by atoms with Gasteiger partial charge in [-0.2, -0.15) is 4.31 Å². The molecule has 0 saturated carbocycles. The number of rotatable bonds is 8. The summed E-state index contributed by atoms with van der Waals surface area (Å²) < 4.78 is 52.8. The van der Waals surface area contributed by atoms with Gasteiger partial charge in [0.1, 0.15) is 6.04 Å². The lowest BCUT2D eigenvalue weighted by atomic mass is 10.2. The highest BCUT2D eigenvalue weighted by molar-refractivity contribution is 7.92. The Balaban J connectivity index is 1.82. The van der Waals surface area contributed by atoms with Crippen LogP contribution in [0.4, 0.5) is 11.4 Å². The van der Waals surface area contributed by atoms with Gasteiger partial charge in [-0.05, 0) is 61.7 Å². The van der Waals surface area contributed by atoms with Crippen LogP contribution in [0.3, 0.4) is 0 Å². The lowest BCUT2D eigenvalue weighted by molar-refractivity contribution is -0.117.